The number of hydrogen-bond donors (Lipinski definition) is 2. The summed E-state index contributed by atoms with van der Waals surface area (Å²) in [5.74, 6) is 5.59. The summed E-state index contributed by atoms with van der Waals surface area (Å²) < 4.78 is 1.73. The number of amides is 1. The van der Waals surface area contributed by atoms with E-state index in [1.165, 1.54) is 11.3 Å². The third-order valence-electron chi connectivity index (χ3n) is 2.50. The summed E-state index contributed by atoms with van der Waals surface area (Å²) in [6, 6.07) is 1.78. The molecular weight excluding hydrogens is 274 g/mol. The number of nitrogens with two attached hydrogens (primary N) is 1. The average Bonchev–Trinajstić information content (AvgIpc) is 3.12. The third-order valence-corrected chi connectivity index (χ3v) is 3.34. The Balaban J connectivity index is 1.75. The maximum Gasteiger partial charge on any atom is 0.252 e. The molecule has 1 amide bonds. The van der Waals surface area contributed by atoms with Crippen molar-refractivity contribution in [2.75, 3.05) is 13.1 Å². The molecule has 0 aliphatic heterocycles. The standard InChI is InChI=1S/C13H15N5OS/c14-4-1-3-12-9-11(10-20-12)13(19)15-5-2-7-18-8-6-16-17-18/h6,8-10H,2,4-5,7,14H2,(H,15,19). The van der Waals surface area contributed by atoms with E-state index in [1.54, 1.807) is 28.5 Å². The topological polar surface area (TPSA) is 85.8 Å². The van der Waals surface area contributed by atoms with Crippen molar-refractivity contribution < 1.29 is 4.79 Å². The Bertz CT molecular complexity index is 608. The minimum absolute atomic E-state index is 0.0827. The Morgan fingerprint density at radius 2 is 2.45 bits per heavy atom. The molecule has 0 aromatic carbocycles. The van der Waals surface area contributed by atoms with Crippen molar-refractivity contribution in [1.82, 2.24) is 20.3 Å². The zero-order valence-electron chi connectivity index (χ0n) is 10.9. The molecule has 0 atom stereocenters. The first kappa shape index (κ1) is 14.2. The number of hydrogen-bond acceptors (Lipinski definition) is 5. The largest absolute Gasteiger partial charge is 0.352 e. The van der Waals surface area contributed by atoms with E-state index in [0.29, 0.717) is 18.7 Å². The molecule has 3 N–H and O–H groups in total. The molecule has 0 saturated heterocycles. The number of nitrogens with one attached hydrogen (secondary N) is 1. The van der Waals surface area contributed by atoms with Crippen molar-refractivity contribution in [1.29, 1.82) is 0 Å². The predicted molar refractivity (Wildman–Crippen MR) is 77.2 cm³/mol. The van der Waals surface area contributed by atoms with E-state index < -0.39 is 0 Å². The van der Waals surface area contributed by atoms with Crippen LogP contribution < -0.4 is 11.1 Å². The molecular formula is C13H15N5OS. The second-order valence-corrected chi connectivity index (χ2v) is 4.89. The van der Waals surface area contributed by atoms with Crippen LogP contribution in [0.2, 0.25) is 0 Å². The van der Waals surface area contributed by atoms with Gasteiger partial charge in [-0.25, -0.2) is 0 Å². The molecule has 0 aliphatic rings. The van der Waals surface area contributed by atoms with Gasteiger partial charge in [0.1, 0.15) is 0 Å². The van der Waals surface area contributed by atoms with Gasteiger partial charge in [0.25, 0.3) is 5.91 Å². The fourth-order valence-electron chi connectivity index (χ4n) is 1.56. The van der Waals surface area contributed by atoms with Crippen molar-refractivity contribution in [3.8, 4) is 11.8 Å². The van der Waals surface area contributed by atoms with Crippen molar-refractivity contribution >= 4 is 17.2 Å². The van der Waals surface area contributed by atoms with E-state index in [1.807, 2.05) is 0 Å². The van der Waals surface area contributed by atoms with Gasteiger partial charge in [0.15, 0.2) is 0 Å². The molecule has 6 nitrogen and oxygen atoms in total. The van der Waals surface area contributed by atoms with Crippen LogP contribution in [0.15, 0.2) is 23.8 Å². The number of thiophene rings is 1. The molecule has 0 saturated carbocycles. The van der Waals surface area contributed by atoms with Gasteiger partial charge in [0.05, 0.1) is 23.2 Å². The highest BCUT2D eigenvalue weighted by Gasteiger charge is 2.07. The van der Waals surface area contributed by atoms with E-state index in [9.17, 15) is 4.79 Å². The van der Waals surface area contributed by atoms with Crippen molar-refractivity contribution in [3.63, 3.8) is 0 Å². The first-order valence-electron chi connectivity index (χ1n) is 6.19. The molecule has 0 aliphatic carbocycles. The van der Waals surface area contributed by atoms with Crippen LogP contribution in [0.5, 0.6) is 0 Å². The highest BCUT2D eigenvalue weighted by Crippen LogP contribution is 2.13. The van der Waals surface area contributed by atoms with Crippen LogP contribution in [-0.2, 0) is 6.54 Å². The average molecular weight is 289 g/mol. The molecule has 0 radical (unpaired) electrons. The normalized spacial score (nSPS) is 9.85. The van der Waals surface area contributed by atoms with Gasteiger partial charge in [-0.1, -0.05) is 17.1 Å². The maximum absolute atomic E-state index is 11.9. The van der Waals surface area contributed by atoms with Crippen molar-refractivity contribution in [2.45, 2.75) is 13.0 Å². The van der Waals surface area contributed by atoms with E-state index in [-0.39, 0.29) is 5.91 Å². The molecule has 20 heavy (non-hydrogen) atoms. The summed E-state index contributed by atoms with van der Waals surface area (Å²) in [4.78, 5) is 12.7. The van der Waals surface area contributed by atoms with Gasteiger partial charge >= 0.3 is 0 Å². The third kappa shape index (κ3) is 4.19. The van der Waals surface area contributed by atoms with Crippen molar-refractivity contribution in [3.05, 3.63) is 34.3 Å². The Morgan fingerprint density at radius 3 is 3.20 bits per heavy atom. The zero-order chi connectivity index (χ0) is 14.2. The summed E-state index contributed by atoms with van der Waals surface area (Å²) in [5, 5.41) is 12.2. The summed E-state index contributed by atoms with van der Waals surface area (Å²) in [6.07, 6.45) is 4.23. The van der Waals surface area contributed by atoms with Gasteiger partial charge in [-0.2, -0.15) is 0 Å². The monoisotopic (exact) mass is 289 g/mol. The molecule has 2 aromatic rings. The second kappa shape index (κ2) is 7.43. The lowest BCUT2D eigenvalue weighted by molar-refractivity contribution is 0.0953. The van der Waals surface area contributed by atoms with E-state index >= 15 is 0 Å². The molecule has 0 bridgehead atoms. The Kier molecular flexibility index (Phi) is 5.29. The van der Waals surface area contributed by atoms with Gasteiger partial charge in [-0.3, -0.25) is 9.48 Å². The van der Waals surface area contributed by atoms with E-state index in [4.69, 9.17) is 5.73 Å². The second-order valence-electron chi connectivity index (χ2n) is 3.98. The quantitative estimate of drug-likeness (QED) is 0.619. The number of nitrogens with zero attached hydrogens (tertiary/aromatic N) is 3. The summed E-state index contributed by atoms with van der Waals surface area (Å²) in [7, 11) is 0. The van der Waals surface area contributed by atoms with Crippen LogP contribution in [-0.4, -0.2) is 34.0 Å². The first-order valence-corrected chi connectivity index (χ1v) is 7.07. The van der Waals surface area contributed by atoms with Crippen LogP contribution in [0.3, 0.4) is 0 Å². The lowest BCUT2D eigenvalue weighted by Gasteiger charge is -2.03. The number of aryl methyl sites for hydroxylation is 1. The van der Waals surface area contributed by atoms with Gasteiger partial charge in [-0.15, -0.1) is 16.4 Å². The minimum atomic E-state index is -0.0827. The highest BCUT2D eigenvalue weighted by atomic mass is 32.1. The highest BCUT2D eigenvalue weighted by molar-refractivity contribution is 7.10. The summed E-state index contributed by atoms with van der Waals surface area (Å²) >= 11 is 1.44. The van der Waals surface area contributed by atoms with Gasteiger partial charge in [0.2, 0.25) is 0 Å². The summed E-state index contributed by atoms with van der Waals surface area (Å²) in [5.41, 5.74) is 5.94. The van der Waals surface area contributed by atoms with Crippen LogP contribution in [0.25, 0.3) is 0 Å². The number of aromatic nitrogens is 3. The lowest BCUT2D eigenvalue weighted by atomic mass is 10.3. The molecule has 2 heterocycles. The number of rotatable bonds is 5. The van der Waals surface area contributed by atoms with Crippen molar-refractivity contribution in [2.24, 2.45) is 5.73 Å². The molecule has 104 valence electrons. The van der Waals surface area contributed by atoms with Gasteiger partial charge in [-0.05, 0) is 12.5 Å². The molecule has 2 rings (SSSR count). The molecule has 0 unspecified atom stereocenters. The van der Waals surface area contributed by atoms with Crippen LogP contribution in [0.4, 0.5) is 0 Å². The summed E-state index contributed by atoms with van der Waals surface area (Å²) in [6.45, 7) is 1.65. The van der Waals surface area contributed by atoms with Gasteiger partial charge in [0, 0.05) is 24.7 Å². The Labute approximate surface area is 121 Å². The predicted octanol–water partition coefficient (Wildman–Crippen LogP) is 0.470. The molecule has 0 fully saturated rings. The smallest absolute Gasteiger partial charge is 0.252 e. The maximum atomic E-state index is 11.9. The molecule has 2 aromatic heterocycles. The van der Waals surface area contributed by atoms with E-state index in [2.05, 4.69) is 27.5 Å². The Hall–Kier alpha value is -2.17. The van der Waals surface area contributed by atoms with Crippen LogP contribution >= 0.6 is 11.3 Å². The fraction of sp³-hybridized carbons (Fsp3) is 0.308. The Morgan fingerprint density at radius 1 is 1.55 bits per heavy atom. The first-order chi connectivity index (χ1) is 9.79. The zero-order valence-corrected chi connectivity index (χ0v) is 11.7. The van der Waals surface area contributed by atoms with Gasteiger partial charge < -0.3 is 11.1 Å². The molecule has 0 spiro atoms. The van der Waals surface area contributed by atoms with E-state index in [0.717, 1.165) is 17.8 Å². The number of carbonyl (C=O) groups is 1. The molecule has 7 heteroatoms. The lowest BCUT2D eigenvalue weighted by Crippen LogP contribution is -2.24. The van der Waals surface area contributed by atoms with Crippen LogP contribution in [0, 0.1) is 11.8 Å². The fourth-order valence-corrected chi connectivity index (χ4v) is 2.31. The number of carbonyl (C=O) groups excluding carboxylic acids is 1. The SMILES string of the molecule is NCC#Cc1cc(C(=O)NCCCn2ccnn2)cs1. The van der Waals surface area contributed by atoms with Crippen LogP contribution in [0.1, 0.15) is 21.7 Å². The minimum Gasteiger partial charge on any atom is -0.352 e.